The second kappa shape index (κ2) is 18.3. The van der Waals surface area contributed by atoms with Gasteiger partial charge in [-0.25, -0.2) is 0 Å². The lowest BCUT2D eigenvalue weighted by atomic mass is 10.0. The van der Waals surface area contributed by atoms with Gasteiger partial charge in [0.05, 0.1) is 78.7 Å². The van der Waals surface area contributed by atoms with Crippen molar-refractivity contribution in [2.75, 3.05) is 59.5 Å². The Morgan fingerprint density at radius 1 is 0.625 bits per heavy atom. The summed E-state index contributed by atoms with van der Waals surface area (Å²) in [5.41, 5.74) is -1.09. The SMILES string of the molecule is CCOC(=O)CCOCC(COCCC(=O)OCC)(COCCC(=O)OCC)NC(C)=O. The van der Waals surface area contributed by atoms with Crippen LogP contribution in [0.15, 0.2) is 0 Å². The summed E-state index contributed by atoms with van der Waals surface area (Å²) in [5.74, 6) is -1.53. The predicted octanol–water partition coefficient (Wildman–Crippen LogP) is 0.771. The first kappa shape index (κ1) is 29.8. The highest BCUT2D eigenvalue weighted by atomic mass is 16.5. The van der Waals surface area contributed by atoms with E-state index in [9.17, 15) is 19.2 Å². The molecule has 0 unspecified atom stereocenters. The summed E-state index contributed by atoms with van der Waals surface area (Å²) in [4.78, 5) is 46.3. The molecule has 11 nitrogen and oxygen atoms in total. The normalized spacial score (nSPS) is 11.0. The minimum absolute atomic E-state index is 0.0230. The molecule has 0 rings (SSSR count). The first-order valence-electron chi connectivity index (χ1n) is 10.8. The molecule has 186 valence electrons. The number of esters is 3. The third kappa shape index (κ3) is 15.5. The topological polar surface area (TPSA) is 136 Å². The van der Waals surface area contributed by atoms with Crippen LogP contribution in [0.5, 0.6) is 0 Å². The van der Waals surface area contributed by atoms with E-state index in [0.29, 0.717) is 0 Å². The standard InChI is InChI=1S/C21H37NO10/c1-5-30-18(24)8-11-27-14-21(22-17(4)23,15-28-12-9-19(25)31-6-2)16-29-13-10-20(26)32-7-3/h5-16H2,1-4H3,(H,22,23). The van der Waals surface area contributed by atoms with Crippen LogP contribution < -0.4 is 5.32 Å². The molecule has 0 aromatic rings. The maximum Gasteiger partial charge on any atom is 0.308 e. The second-order valence-electron chi connectivity index (χ2n) is 6.78. The lowest BCUT2D eigenvalue weighted by Crippen LogP contribution is -2.58. The molecule has 0 aliphatic heterocycles. The van der Waals surface area contributed by atoms with Crippen molar-refractivity contribution in [3.8, 4) is 0 Å². The van der Waals surface area contributed by atoms with Gasteiger partial charge < -0.3 is 33.7 Å². The van der Waals surface area contributed by atoms with Crippen molar-refractivity contribution in [2.24, 2.45) is 0 Å². The maximum atomic E-state index is 11.8. The molecule has 0 aliphatic rings. The van der Waals surface area contributed by atoms with Crippen LogP contribution >= 0.6 is 0 Å². The number of carbonyl (C=O) groups is 4. The molecule has 0 heterocycles. The van der Waals surface area contributed by atoms with Crippen molar-refractivity contribution in [2.45, 2.75) is 52.5 Å². The molecular formula is C21H37NO10. The van der Waals surface area contributed by atoms with Crippen LogP contribution in [-0.2, 0) is 47.6 Å². The lowest BCUT2D eigenvalue weighted by molar-refractivity contribution is -0.145. The molecule has 0 saturated heterocycles. The van der Waals surface area contributed by atoms with Gasteiger partial charge in [-0.3, -0.25) is 19.2 Å². The van der Waals surface area contributed by atoms with E-state index in [1.807, 2.05) is 0 Å². The first-order chi connectivity index (χ1) is 15.3. The van der Waals surface area contributed by atoms with Crippen LogP contribution in [0, 0.1) is 0 Å². The fourth-order valence-corrected chi connectivity index (χ4v) is 2.58. The summed E-state index contributed by atoms with van der Waals surface area (Å²) in [6, 6.07) is 0. The maximum absolute atomic E-state index is 11.8. The molecule has 0 aliphatic carbocycles. The zero-order valence-corrected chi connectivity index (χ0v) is 19.6. The Kier molecular flexibility index (Phi) is 17.1. The van der Waals surface area contributed by atoms with Gasteiger partial charge in [-0.15, -0.1) is 0 Å². The highest BCUT2D eigenvalue weighted by Crippen LogP contribution is 2.11. The molecule has 0 radical (unpaired) electrons. The van der Waals surface area contributed by atoms with Crippen LogP contribution in [0.4, 0.5) is 0 Å². The van der Waals surface area contributed by atoms with Crippen molar-refractivity contribution in [1.82, 2.24) is 5.32 Å². The van der Waals surface area contributed by atoms with Crippen molar-refractivity contribution in [3.05, 3.63) is 0 Å². The number of amides is 1. The zero-order valence-electron chi connectivity index (χ0n) is 19.6. The summed E-state index contributed by atoms with van der Waals surface area (Å²) in [6.07, 6.45) is 0.159. The molecule has 0 aromatic heterocycles. The number of rotatable bonds is 19. The fraction of sp³-hybridized carbons (Fsp3) is 0.810. The average Bonchev–Trinajstić information content (AvgIpc) is 2.72. The summed E-state index contributed by atoms with van der Waals surface area (Å²) >= 11 is 0. The van der Waals surface area contributed by atoms with Crippen LogP contribution in [0.1, 0.15) is 47.0 Å². The molecule has 11 heteroatoms. The largest absolute Gasteiger partial charge is 0.466 e. The zero-order chi connectivity index (χ0) is 24.2. The molecule has 0 spiro atoms. The summed E-state index contributed by atoms with van der Waals surface area (Å²) in [7, 11) is 0. The Hall–Kier alpha value is -2.24. The monoisotopic (exact) mass is 463 g/mol. The van der Waals surface area contributed by atoms with Crippen molar-refractivity contribution < 1.29 is 47.6 Å². The molecule has 1 N–H and O–H groups in total. The lowest BCUT2D eigenvalue weighted by Gasteiger charge is -2.33. The van der Waals surface area contributed by atoms with E-state index in [1.54, 1.807) is 20.8 Å². The predicted molar refractivity (Wildman–Crippen MR) is 113 cm³/mol. The summed E-state index contributed by atoms with van der Waals surface area (Å²) in [6.45, 7) is 7.45. The molecule has 0 saturated carbocycles. The minimum atomic E-state index is -1.09. The van der Waals surface area contributed by atoms with Gasteiger partial charge in [-0.2, -0.15) is 0 Å². The third-order valence-corrected chi connectivity index (χ3v) is 3.84. The van der Waals surface area contributed by atoms with Gasteiger partial charge in [-0.1, -0.05) is 0 Å². The average molecular weight is 464 g/mol. The van der Waals surface area contributed by atoms with Crippen molar-refractivity contribution in [1.29, 1.82) is 0 Å². The first-order valence-corrected chi connectivity index (χ1v) is 10.8. The number of ether oxygens (including phenoxy) is 6. The summed E-state index contributed by atoms with van der Waals surface area (Å²) < 4.78 is 31.3. The second-order valence-corrected chi connectivity index (χ2v) is 6.78. The van der Waals surface area contributed by atoms with Crippen LogP contribution in [-0.4, -0.2) is 88.8 Å². The van der Waals surface area contributed by atoms with Crippen molar-refractivity contribution >= 4 is 23.8 Å². The van der Waals surface area contributed by atoms with Crippen LogP contribution in [0.3, 0.4) is 0 Å². The highest BCUT2D eigenvalue weighted by Gasteiger charge is 2.33. The fourth-order valence-electron chi connectivity index (χ4n) is 2.58. The molecule has 0 aromatic carbocycles. The molecule has 0 fully saturated rings. The van der Waals surface area contributed by atoms with E-state index in [-0.39, 0.29) is 84.6 Å². The molecule has 32 heavy (non-hydrogen) atoms. The van der Waals surface area contributed by atoms with Crippen molar-refractivity contribution in [3.63, 3.8) is 0 Å². The van der Waals surface area contributed by atoms with Gasteiger partial charge in [0, 0.05) is 6.92 Å². The Morgan fingerprint density at radius 2 is 0.938 bits per heavy atom. The Morgan fingerprint density at radius 3 is 1.19 bits per heavy atom. The molecular weight excluding hydrogens is 426 g/mol. The van der Waals surface area contributed by atoms with Gasteiger partial charge in [0.1, 0.15) is 5.54 Å². The Bertz CT molecular complexity index is 502. The number of hydrogen-bond acceptors (Lipinski definition) is 10. The molecule has 0 atom stereocenters. The van der Waals surface area contributed by atoms with E-state index in [1.165, 1.54) is 6.92 Å². The number of carbonyl (C=O) groups excluding carboxylic acids is 4. The van der Waals surface area contributed by atoms with Crippen LogP contribution in [0.25, 0.3) is 0 Å². The number of hydrogen-bond donors (Lipinski definition) is 1. The number of nitrogens with one attached hydrogen (secondary N) is 1. The van der Waals surface area contributed by atoms with E-state index in [2.05, 4.69) is 5.32 Å². The summed E-state index contributed by atoms with van der Waals surface area (Å²) in [5, 5.41) is 2.77. The Labute approximate surface area is 189 Å². The molecule has 1 amide bonds. The van der Waals surface area contributed by atoms with Gasteiger partial charge in [0.15, 0.2) is 0 Å². The van der Waals surface area contributed by atoms with E-state index >= 15 is 0 Å². The minimum Gasteiger partial charge on any atom is -0.466 e. The smallest absolute Gasteiger partial charge is 0.308 e. The highest BCUT2D eigenvalue weighted by molar-refractivity contribution is 5.74. The van der Waals surface area contributed by atoms with E-state index in [0.717, 1.165) is 0 Å². The molecule has 0 bridgehead atoms. The third-order valence-electron chi connectivity index (χ3n) is 3.84. The van der Waals surface area contributed by atoms with Gasteiger partial charge in [0.25, 0.3) is 0 Å². The van der Waals surface area contributed by atoms with Crippen LogP contribution in [0.2, 0.25) is 0 Å². The van der Waals surface area contributed by atoms with E-state index < -0.39 is 23.4 Å². The van der Waals surface area contributed by atoms with Gasteiger partial charge >= 0.3 is 17.9 Å². The van der Waals surface area contributed by atoms with Gasteiger partial charge in [0.2, 0.25) is 5.91 Å². The van der Waals surface area contributed by atoms with E-state index in [4.69, 9.17) is 28.4 Å². The quantitative estimate of drug-likeness (QED) is 0.166. The Balaban J connectivity index is 4.92. The van der Waals surface area contributed by atoms with Gasteiger partial charge in [-0.05, 0) is 20.8 Å².